The van der Waals surface area contributed by atoms with Gasteiger partial charge in [-0.15, -0.1) is 0 Å². The Hall–Kier alpha value is -0.160. The molecule has 0 aromatic heterocycles. The van der Waals surface area contributed by atoms with E-state index in [1.165, 1.54) is 0 Å². The fraction of sp³-hybridized carbons (Fsp3) is 1.00. The minimum atomic E-state index is 0.0958. The van der Waals surface area contributed by atoms with Crippen molar-refractivity contribution >= 4 is 0 Å². The van der Waals surface area contributed by atoms with Crippen molar-refractivity contribution < 1.29 is 9.47 Å². The molecule has 0 aliphatic rings. The van der Waals surface area contributed by atoms with Crippen LogP contribution in [0.5, 0.6) is 0 Å². The van der Waals surface area contributed by atoms with Crippen molar-refractivity contribution in [2.45, 2.75) is 26.3 Å². The fourth-order valence-electron chi connectivity index (χ4n) is 0.616. The zero-order valence-corrected chi connectivity index (χ0v) is 8.39. The van der Waals surface area contributed by atoms with Crippen molar-refractivity contribution in [1.82, 2.24) is 10.6 Å². The molecule has 0 amide bonds. The van der Waals surface area contributed by atoms with Crippen LogP contribution in [-0.2, 0) is 9.47 Å². The molecule has 2 N–H and O–H groups in total. The summed E-state index contributed by atoms with van der Waals surface area (Å²) in [5, 5.41) is 5.95. The highest BCUT2D eigenvalue weighted by Crippen LogP contribution is 1.87. The quantitative estimate of drug-likeness (QED) is 0.428. The lowest BCUT2D eigenvalue weighted by Crippen LogP contribution is -2.29. The van der Waals surface area contributed by atoms with Crippen LogP contribution in [0.2, 0.25) is 0 Å². The molecule has 0 bridgehead atoms. The standard InChI is InChI=1S/C8H20N2O2/c1-7(9-3)11-5-6-12-8(2)10-4/h7-10H,5-6H2,1-4H3. The summed E-state index contributed by atoms with van der Waals surface area (Å²) in [7, 11) is 3.73. The Bertz CT molecular complexity index is 89.1. The van der Waals surface area contributed by atoms with Gasteiger partial charge in [-0.05, 0) is 27.9 Å². The van der Waals surface area contributed by atoms with Gasteiger partial charge in [0.25, 0.3) is 0 Å². The van der Waals surface area contributed by atoms with Crippen molar-refractivity contribution in [3.8, 4) is 0 Å². The molecule has 0 aromatic carbocycles. The number of nitrogens with one attached hydrogen (secondary N) is 2. The smallest absolute Gasteiger partial charge is 0.105 e. The molecule has 0 fully saturated rings. The number of hydrogen-bond donors (Lipinski definition) is 2. The molecule has 0 saturated carbocycles. The maximum atomic E-state index is 5.32. The topological polar surface area (TPSA) is 42.5 Å². The third-order valence-corrected chi connectivity index (χ3v) is 1.63. The zero-order chi connectivity index (χ0) is 9.40. The Kier molecular flexibility index (Phi) is 7.39. The molecule has 2 unspecified atom stereocenters. The highest BCUT2D eigenvalue weighted by molar-refractivity contribution is 4.42. The van der Waals surface area contributed by atoms with E-state index in [-0.39, 0.29) is 12.5 Å². The Labute approximate surface area is 74.6 Å². The maximum absolute atomic E-state index is 5.32. The molecule has 2 atom stereocenters. The molecule has 0 aromatic rings. The Morgan fingerprint density at radius 1 is 0.917 bits per heavy atom. The van der Waals surface area contributed by atoms with Gasteiger partial charge in [0, 0.05) is 0 Å². The van der Waals surface area contributed by atoms with Gasteiger partial charge in [0.1, 0.15) is 12.5 Å². The van der Waals surface area contributed by atoms with Gasteiger partial charge < -0.3 is 9.47 Å². The maximum Gasteiger partial charge on any atom is 0.105 e. The van der Waals surface area contributed by atoms with Crippen LogP contribution >= 0.6 is 0 Å². The molecule has 0 heterocycles. The summed E-state index contributed by atoms with van der Waals surface area (Å²) in [5.74, 6) is 0. The van der Waals surface area contributed by atoms with E-state index in [0.29, 0.717) is 13.2 Å². The second-order valence-electron chi connectivity index (χ2n) is 2.60. The lowest BCUT2D eigenvalue weighted by molar-refractivity contribution is -0.0259. The molecule has 0 aliphatic carbocycles. The summed E-state index contributed by atoms with van der Waals surface area (Å²) in [6, 6.07) is 0. The summed E-state index contributed by atoms with van der Waals surface area (Å²) in [5.41, 5.74) is 0. The van der Waals surface area contributed by atoms with Gasteiger partial charge in [0.15, 0.2) is 0 Å². The predicted octanol–water partition coefficient (Wildman–Crippen LogP) is 0.150. The molecule has 12 heavy (non-hydrogen) atoms. The van der Waals surface area contributed by atoms with Crippen LogP contribution in [0, 0.1) is 0 Å². The van der Waals surface area contributed by atoms with Gasteiger partial charge >= 0.3 is 0 Å². The minimum Gasteiger partial charge on any atom is -0.361 e. The summed E-state index contributed by atoms with van der Waals surface area (Å²) in [6.45, 7) is 5.16. The average Bonchev–Trinajstić information content (AvgIpc) is 2.11. The number of rotatable bonds is 7. The third-order valence-electron chi connectivity index (χ3n) is 1.63. The summed E-state index contributed by atoms with van der Waals surface area (Å²) < 4.78 is 10.6. The van der Waals surface area contributed by atoms with Gasteiger partial charge in [0.2, 0.25) is 0 Å². The average molecular weight is 176 g/mol. The molecular formula is C8H20N2O2. The first-order chi connectivity index (χ1) is 5.70. The van der Waals surface area contributed by atoms with E-state index in [1.807, 2.05) is 27.9 Å². The van der Waals surface area contributed by atoms with E-state index >= 15 is 0 Å². The lowest BCUT2D eigenvalue weighted by Gasteiger charge is -2.14. The van der Waals surface area contributed by atoms with E-state index in [2.05, 4.69) is 10.6 Å². The molecule has 0 saturated heterocycles. The van der Waals surface area contributed by atoms with Crippen LogP contribution in [0.15, 0.2) is 0 Å². The Balaban J connectivity index is 3.10. The third kappa shape index (κ3) is 6.54. The van der Waals surface area contributed by atoms with E-state index < -0.39 is 0 Å². The predicted molar refractivity (Wildman–Crippen MR) is 48.9 cm³/mol. The van der Waals surface area contributed by atoms with Gasteiger partial charge in [-0.2, -0.15) is 0 Å². The SMILES string of the molecule is CNC(C)OCCOC(C)NC. The van der Waals surface area contributed by atoms with Crippen molar-refractivity contribution in [3.63, 3.8) is 0 Å². The Morgan fingerprint density at radius 3 is 1.50 bits per heavy atom. The van der Waals surface area contributed by atoms with E-state index in [9.17, 15) is 0 Å². The van der Waals surface area contributed by atoms with Crippen molar-refractivity contribution in [1.29, 1.82) is 0 Å². The fourth-order valence-corrected chi connectivity index (χ4v) is 0.616. The summed E-state index contributed by atoms with van der Waals surface area (Å²) in [4.78, 5) is 0. The largest absolute Gasteiger partial charge is 0.361 e. The van der Waals surface area contributed by atoms with E-state index in [4.69, 9.17) is 9.47 Å². The molecule has 0 radical (unpaired) electrons. The van der Waals surface area contributed by atoms with Crippen LogP contribution in [0.4, 0.5) is 0 Å². The number of ether oxygens (including phenoxy) is 2. The Morgan fingerprint density at radius 2 is 1.25 bits per heavy atom. The van der Waals surface area contributed by atoms with Crippen molar-refractivity contribution in [2.24, 2.45) is 0 Å². The van der Waals surface area contributed by atoms with Crippen LogP contribution < -0.4 is 10.6 Å². The second kappa shape index (κ2) is 7.49. The zero-order valence-electron chi connectivity index (χ0n) is 8.39. The highest BCUT2D eigenvalue weighted by Gasteiger charge is 1.99. The molecule has 4 nitrogen and oxygen atoms in total. The molecule has 0 spiro atoms. The van der Waals surface area contributed by atoms with Gasteiger partial charge in [-0.1, -0.05) is 0 Å². The molecule has 4 heteroatoms. The first-order valence-corrected chi connectivity index (χ1v) is 4.28. The second-order valence-corrected chi connectivity index (χ2v) is 2.60. The van der Waals surface area contributed by atoms with Crippen LogP contribution in [0.25, 0.3) is 0 Å². The van der Waals surface area contributed by atoms with Gasteiger partial charge in [0.05, 0.1) is 13.2 Å². The molecule has 0 rings (SSSR count). The first-order valence-electron chi connectivity index (χ1n) is 4.28. The number of hydrogen-bond acceptors (Lipinski definition) is 4. The van der Waals surface area contributed by atoms with E-state index in [0.717, 1.165) is 0 Å². The van der Waals surface area contributed by atoms with Crippen LogP contribution in [0.3, 0.4) is 0 Å². The molecular weight excluding hydrogens is 156 g/mol. The van der Waals surface area contributed by atoms with Crippen molar-refractivity contribution in [3.05, 3.63) is 0 Å². The minimum absolute atomic E-state index is 0.0958. The monoisotopic (exact) mass is 176 g/mol. The van der Waals surface area contributed by atoms with Gasteiger partial charge in [-0.25, -0.2) is 0 Å². The van der Waals surface area contributed by atoms with E-state index in [1.54, 1.807) is 0 Å². The first kappa shape index (κ1) is 11.8. The lowest BCUT2D eigenvalue weighted by atomic mass is 10.6. The summed E-state index contributed by atoms with van der Waals surface area (Å²) >= 11 is 0. The highest BCUT2D eigenvalue weighted by atomic mass is 16.5. The van der Waals surface area contributed by atoms with Crippen LogP contribution in [-0.4, -0.2) is 39.8 Å². The molecule has 0 aliphatic heterocycles. The molecule has 74 valence electrons. The van der Waals surface area contributed by atoms with Gasteiger partial charge in [-0.3, -0.25) is 10.6 Å². The summed E-state index contributed by atoms with van der Waals surface area (Å²) in [6.07, 6.45) is 0.192. The normalized spacial score (nSPS) is 16.0. The van der Waals surface area contributed by atoms with Crippen LogP contribution in [0.1, 0.15) is 13.8 Å². The van der Waals surface area contributed by atoms with Crippen molar-refractivity contribution in [2.75, 3.05) is 27.3 Å².